The van der Waals surface area contributed by atoms with Gasteiger partial charge >= 0.3 is 0 Å². The monoisotopic (exact) mass is 256 g/mol. The number of carbonyl (C=O) groups is 1. The maximum atomic E-state index is 12.2. The van der Waals surface area contributed by atoms with Gasteiger partial charge in [0.1, 0.15) is 5.69 Å². The van der Waals surface area contributed by atoms with Crippen LogP contribution in [0.15, 0.2) is 48.7 Å². The summed E-state index contributed by atoms with van der Waals surface area (Å²) in [6.07, 6.45) is 2.68. The second-order valence-electron chi connectivity index (χ2n) is 5.50. The Morgan fingerprint density at radius 1 is 1.16 bits per heavy atom. The van der Waals surface area contributed by atoms with Crippen LogP contribution < -0.4 is 5.32 Å². The normalized spacial score (nSPS) is 11.3. The highest BCUT2D eigenvalue weighted by molar-refractivity contribution is 5.93. The Bertz CT molecular complexity index is 555. The van der Waals surface area contributed by atoms with Gasteiger partial charge in [0.2, 0.25) is 0 Å². The van der Waals surface area contributed by atoms with E-state index in [2.05, 4.69) is 17.4 Å². The average Bonchev–Trinajstić information content (AvgIpc) is 2.75. The maximum Gasteiger partial charge on any atom is 0.268 e. The summed E-state index contributed by atoms with van der Waals surface area (Å²) in [7, 11) is 1.87. The number of carbonyl (C=O) groups excluding carboxylic acids is 1. The van der Waals surface area contributed by atoms with E-state index in [1.165, 1.54) is 5.56 Å². The Morgan fingerprint density at radius 3 is 2.42 bits per heavy atom. The molecule has 0 aliphatic heterocycles. The van der Waals surface area contributed by atoms with E-state index in [0.717, 1.165) is 6.42 Å². The van der Waals surface area contributed by atoms with Crippen LogP contribution in [-0.2, 0) is 13.5 Å². The highest BCUT2D eigenvalue weighted by atomic mass is 16.2. The molecule has 1 N–H and O–H groups in total. The fourth-order valence-corrected chi connectivity index (χ4v) is 2.22. The van der Waals surface area contributed by atoms with Crippen LogP contribution in [0.3, 0.4) is 0 Å². The van der Waals surface area contributed by atoms with Crippen molar-refractivity contribution < 1.29 is 4.79 Å². The summed E-state index contributed by atoms with van der Waals surface area (Å²) < 4.78 is 1.83. The molecule has 2 aromatic rings. The Hall–Kier alpha value is -2.03. The van der Waals surface area contributed by atoms with Crippen molar-refractivity contribution in [3.63, 3.8) is 0 Å². The van der Waals surface area contributed by atoms with Gasteiger partial charge in [0, 0.05) is 18.8 Å². The predicted molar refractivity (Wildman–Crippen MR) is 77.1 cm³/mol. The molecule has 0 bridgehead atoms. The maximum absolute atomic E-state index is 12.2. The lowest BCUT2D eigenvalue weighted by molar-refractivity contribution is 0.0904. The minimum atomic E-state index is -0.275. The van der Waals surface area contributed by atoms with Gasteiger partial charge < -0.3 is 9.88 Å². The zero-order valence-electron chi connectivity index (χ0n) is 11.7. The molecule has 0 atom stereocenters. The molecule has 100 valence electrons. The third-order valence-electron chi connectivity index (χ3n) is 3.12. The van der Waals surface area contributed by atoms with Gasteiger partial charge in [0.05, 0.1) is 0 Å². The van der Waals surface area contributed by atoms with Crippen molar-refractivity contribution in [1.29, 1.82) is 0 Å². The number of hydrogen-bond donors (Lipinski definition) is 1. The lowest BCUT2D eigenvalue weighted by Gasteiger charge is -2.26. The first kappa shape index (κ1) is 13.4. The standard InChI is InChI=1S/C16H20N2O/c1-16(2,12-13-8-5-4-6-9-13)17-15(19)14-10-7-11-18(14)3/h4-11H,12H2,1-3H3,(H,17,19). The number of nitrogens with one attached hydrogen (secondary N) is 1. The van der Waals surface area contributed by atoms with Crippen molar-refractivity contribution in [1.82, 2.24) is 9.88 Å². The zero-order valence-corrected chi connectivity index (χ0v) is 11.7. The van der Waals surface area contributed by atoms with Crippen molar-refractivity contribution in [3.8, 4) is 0 Å². The van der Waals surface area contributed by atoms with Crippen LogP contribution in [0.4, 0.5) is 0 Å². The SMILES string of the molecule is Cn1cccc1C(=O)NC(C)(C)Cc1ccccc1. The fraction of sp³-hybridized carbons (Fsp3) is 0.312. The number of aromatic nitrogens is 1. The highest BCUT2D eigenvalue weighted by Crippen LogP contribution is 2.13. The molecule has 1 aromatic heterocycles. The summed E-state index contributed by atoms with van der Waals surface area (Å²) in [6, 6.07) is 13.9. The largest absolute Gasteiger partial charge is 0.347 e. The van der Waals surface area contributed by atoms with Crippen LogP contribution in [0.5, 0.6) is 0 Å². The zero-order chi connectivity index (χ0) is 13.9. The summed E-state index contributed by atoms with van der Waals surface area (Å²) in [4.78, 5) is 12.2. The Labute approximate surface area is 114 Å². The molecule has 0 aliphatic carbocycles. The number of rotatable bonds is 4. The van der Waals surface area contributed by atoms with Gasteiger partial charge in [-0.1, -0.05) is 30.3 Å². The second kappa shape index (κ2) is 5.31. The van der Waals surface area contributed by atoms with Crippen LogP contribution >= 0.6 is 0 Å². The van der Waals surface area contributed by atoms with Gasteiger partial charge in [-0.05, 0) is 38.0 Å². The van der Waals surface area contributed by atoms with Crippen molar-refractivity contribution in [2.75, 3.05) is 0 Å². The Balaban J connectivity index is 2.05. The quantitative estimate of drug-likeness (QED) is 0.896. The van der Waals surface area contributed by atoms with Crippen LogP contribution in [0.1, 0.15) is 29.9 Å². The van der Waals surface area contributed by atoms with Gasteiger partial charge in [-0.3, -0.25) is 4.79 Å². The number of aryl methyl sites for hydroxylation is 1. The van der Waals surface area contributed by atoms with Gasteiger partial charge in [-0.15, -0.1) is 0 Å². The molecule has 0 radical (unpaired) electrons. The molecule has 0 saturated heterocycles. The molecule has 0 unspecified atom stereocenters. The van der Waals surface area contributed by atoms with Gasteiger partial charge in [0.15, 0.2) is 0 Å². The molecule has 3 heteroatoms. The van der Waals surface area contributed by atoms with Crippen LogP contribution in [0, 0.1) is 0 Å². The summed E-state index contributed by atoms with van der Waals surface area (Å²) >= 11 is 0. The summed E-state index contributed by atoms with van der Waals surface area (Å²) in [5.74, 6) is -0.0339. The fourth-order valence-electron chi connectivity index (χ4n) is 2.22. The highest BCUT2D eigenvalue weighted by Gasteiger charge is 2.22. The van der Waals surface area contributed by atoms with E-state index in [4.69, 9.17) is 0 Å². The minimum Gasteiger partial charge on any atom is -0.347 e. The second-order valence-corrected chi connectivity index (χ2v) is 5.50. The number of amides is 1. The van der Waals surface area contributed by atoms with E-state index in [1.54, 1.807) is 0 Å². The molecular formula is C16H20N2O. The van der Waals surface area contributed by atoms with Gasteiger partial charge in [-0.2, -0.15) is 0 Å². The molecule has 0 spiro atoms. The van der Waals surface area contributed by atoms with Crippen LogP contribution in [-0.4, -0.2) is 16.0 Å². The lowest BCUT2D eigenvalue weighted by atomic mass is 9.95. The molecule has 0 saturated carbocycles. The van der Waals surface area contributed by atoms with Crippen molar-refractivity contribution in [3.05, 3.63) is 59.9 Å². The molecule has 1 aromatic carbocycles. The molecule has 3 nitrogen and oxygen atoms in total. The Kier molecular flexibility index (Phi) is 3.74. The average molecular weight is 256 g/mol. The van der Waals surface area contributed by atoms with Crippen LogP contribution in [0.25, 0.3) is 0 Å². The van der Waals surface area contributed by atoms with Gasteiger partial charge in [0.25, 0.3) is 5.91 Å². The molecule has 0 fully saturated rings. The van der Waals surface area contributed by atoms with Crippen LogP contribution in [0.2, 0.25) is 0 Å². The van der Waals surface area contributed by atoms with Gasteiger partial charge in [-0.25, -0.2) is 0 Å². The summed E-state index contributed by atoms with van der Waals surface area (Å²) in [5, 5.41) is 3.09. The van der Waals surface area contributed by atoms with E-state index >= 15 is 0 Å². The van der Waals surface area contributed by atoms with E-state index in [1.807, 2.05) is 62.0 Å². The first-order valence-corrected chi connectivity index (χ1v) is 6.46. The number of nitrogens with zero attached hydrogens (tertiary/aromatic N) is 1. The van der Waals surface area contributed by atoms with E-state index < -0.39 is 0 Å². The Morgan fingerprint density at radius 2 is 1.84 bits per heavy atom. The minimum absolute atomic E-state index is 0.0339. The predicted octanol–water partition coefficient (Wildman–Crippen LogP) is 2.78. The number of hydrogen-bond acceptors (Lipinski definition) is 1. The third kappa shape index (κ3) is 3.47. The first-order valence-electron chi connectivity index (χ1n) is 6.46. The third-order valence-corrected chi connectivity index (χ3v) is 3.12. The molecule has 1 heterocycles. The topological polar surface area (TPSA) is 34.0 Å². The van der Waals surface area contributed by atoms with Crippen molar-refractivity contribution in [2.24, 2.45) is 7.05 Å². The molecule has 19 heavy (non-hydrogen) atoms. The first-order chi connectivity index (χ1) is 8.98. The summed E-state index contributed by atoms with van der Waals surface area (Å²) in [6.45, 7) is 4.08. The molecule has 0 aliphatic rings. The summed E-state index contributed by atoms with van der Waals surface area (Å²) in [5.41, 5.74) is 1.63. The van der Waals surface area contributed by atoms with Crippen molar-refractivity contribution >= 4 is 5.91 Å². The van der Waals surface area contributed by atoms with Crippen molar-refractivity contribution in [2.45, 2.75) is 25.8 Å². The van der Waals surface area contributed by atoms with E-state index in [-0.39, 0.29) is 11.4 Å². The molecule has 1 amide bonds. The smallest absolute Gasteiger partial charge is 0.268 e. The molecular weight excluding hydrogens is 236 g/mol. The lowest BCUT2D eigenvalue weighted by Crippen LogP contribution is -2.45. The van der Waals surface area contributed by atoms with E-state index in [0.29, 0.717) is 5.69 Å². The number of benzene rings is 1. The molecule has 2 rings (SSSR count). The van der Waals surface area contributed by atoms with E-state index in [9.17, 15) is 4.79 Å².